The smallest absolute Gasteiger partial charge is 0.277 e. The van der Waals surface area contributed by atoms with Crippen LogP contribution in [-0.4, -0.2) is 32.6 Å². The minimum Gasteiger partial charge on any atom is -0.494 e. The van der Waals surface area contributed by atoms with E-state index in [-0.39, 0.29) is 17.6 Å². The van der Waals surface area contributed by atoms with E-state index in [4.69, 9.17) is 21.4 Å². The summed E-state index contributed by atoms with van der Waals surface area (Å²) in [7, 11) is 1.58. The van der Waals surface area contributed by atoms with Crippen LogP contribution in [0.2, 0.25) is 5.02 Å². The molecule has 2 aromatic heterocycles. The van der Waals surface area contributed by atoms with Gasteiger partial charge in [0.05, 0.1) is 29.4 Å². The number of carbonyl (C=O) groups excluding carboxylic acids is 1. The number of halogens is 1. The molecular weight excluding hydrogens is 402 g/mol. The first-order valence-corrected chi connectivity index (χ1v) is 10.9. The van der Waals surface area contributed by atoms with Crippen molar-refractivity contribution in [2.75, 3.05) is 12.4 Å². The summed E-state index contributed by atoms with van der Waals surface area (Å²) in [6.07, 6.45) is 8.48. The van der Waals surface area contributed by atoms with Crippen LogP contribution in [0.4, 0.5) is 5.69 Å². The summed E-state index contributed by atoms with van der Waals surface area (Å²) in [5.41, 5.74) is 1.62. The van der Waals surface area contributed by atoms with Gasteiger partial charge in [-0.15, -0.1) is 0 Å². The van der Waals surface area contributed by atoms with E-state index < -0.39 is 0 Å². The number of hydrogen-bond acceptors (Lipinski definition) is 4. The molecule has 0 spiro atoms. The van der Waals surface area contributed by atoms with E-state index in [1.807, 2.05) is 26.0 Å². The maximum absolute atomic E-state index is 12.8. The number of rotatable bonds is 5. The minimum atomic E-state index is -0.370. The second-order valence-corrected chi connectivity index (χ2v) is 8.89. The predicted octanol–water partition coefficient (Wildman–Crippen LogP) is 5.48. The maximum atomic E-state index is 12.8. The van der Waals surface area contributed by atoms with Crippen LogP contribution in [0.1, 0.15) is 69.0 Å². The average Bonchev–Trinajstić information content (AvgIpc) is 3.31. The molecule has 0 bridgehead atoms. The van der Waals surface area contributed by atoms with E-state index in [9.17, 15) is 4.79 Å². The molecule has 1 N–H and O–H groups in total. The molecule has 1 amide bonds. The van der Waals surface area contributed by atoms with E-state index in [0.717, 1.165) is 29.7 Å². The molecule has 3 aromatic rings. The lowest BCUT2D eigenvalue weighted by Gasteiger charge is -2.26. The summed E-state index contributed by atoms with van der Waals surface area (Å²) in [4.78, 5) is 12.8. The Labute approximate surface area is 181 Å². The predicted molar refractivity (Wildman–Crippen MR) is 119 cm³/mol. The van der Waals surface area contributed by atoms with Crippen LogP contribution in [-0.2, 0) is 0 Å². The Morgan fingerprint density at radius 1 is 1.20 bits per heavy atom. The molecule has 0 unspecified atom stereocenters. The summed E-state index contributed by atoms with van der Waals surface area (Å²) in [5, 5.41) is 13.3. The number of nitrogens with one attached hydrogen (secondary N) is 1. The minimum absolute atomic E-state index is 0.114. The van der Waals surface area contributed by atoms with Gasteiger partial charge in [0.15, 0.2) is 5.69 Å². The topological polar surface area (TPSA) is 74.0 Å². The molecular formula is C22H28ClN5O2. The second-order valence-electron chi connectivity index (χ2n) is 8.49. The summed E-state index contributed by atoms with van der Waals surface area (Å²) in [6, 6.07) is 4.30. The van der Waals surface area contributed by atoms with Crippen molar-refractivity contribution < 1.29 is 9.53 Å². The van der Waals surface area contributed by atoms with Crippen molar-refractivity contribution in [2.24, 2.45) is 5.92 Å². The summed E-state index contributed by atoms with van der Waals surface area (Å²) < 4.78 is 9.26. The Kier molecular flexibility index (Phi) is 5.73. The van der Waals surface area contributed by atoms with Crippen molar-refractivity contribution >= 4 is 34.1 Å². The third-order valence-corrected chi connectivity index (χ3v) is 6.16. The van der Waals surface area contributed by atoms with Crippen LogP contribution < -0.4 is 10.1 Å². The third kappa shape index (κ3) is 4.03. The monoisotopic (exact) mass is 429 g/mol. The van der Waals surface area contributed by atoms with Crippen molar-refractivity contribution in [1.82, 2.24) is 19.6 Å². The third-order valence-electron chi connectivity index (χ3n) is 5.88. The summed E-state index contributed by atoms with van der Waals surface area (Å²) >= 11 is 6.23. The van der Waals surface area contributed by atoms with Crippen LogP contribution in [0.5, 0.6) is 5.75 Å². The fourth-order valence-electron chi connectivity index (χ4n) is 4.00. The number of hydrogen-bond donors (Lipinski definition) is 1. The molecule has 0 radical (unpaired) electrons. The first-order chi connectivity index (χ1) is 14.4. The number of amides is 1. The van der Waals surface area contributed by atoms with Crippen molar-refractivity contribution in [2.45, 2.75) is 58.5 Å². The largest absolute Gasteiger partial charge is 0.494 e. The molecule has 1 aliphatic rings. The van der Waals surface area contributed by atoms with Gasteiger partial charge in [-0.25, -0.2) is 0 Å². The number of ether oxygens (including phenoxy) is 1. The van der Waals surface area contributed by atoms with Crippen LogP contribution >= 0.6 is 11.6 Å². The van der Waals surface area contributed by atoms with E-state index in [2.05, 4.69) is 28.2 Å². The lowest BCUT2D eigenvalue weighted by atomic mass is 9.87. The van der Waals surface area contributed by atoms with Crippen LogP contribution in [0, 0.1) is 5.92 Å². The van der Waals surface area contributed by atoms with Gasteiger partial charge >= 0.3 is 0 Å². The molecule has 2 heterocycles. The normalized spacial score (nSPS) is 19.4. The highest BCUT2D eigenvalue weighted by atomic mass is 35.5. The van der Waals surface area contributed by atoms with Gasteiger partial charge in [-0.3, -0.25) is 14.2 Å². The lowest BCUT2D eigenvalue weighted by Crippen LogP contribution is -2.16. The molecule has 0 atom stereocenters. The standard InChI is InChI=1S/C22H28ClN5O2/c1-13(2)27-12-17(23)21(26-27)22(29)24-19-9-15-11-28(16-7-5-14(3)6-8-16)25-18(15)10-20(19)30-4/h9-14,16H,5-8H2,1-4H3,(H,24,29). The van der Waals surface area contributed by atoms with E-state index in [0.29, 0.717) is 22.5 Å². The zero-order valence-electron chi connectivity index (χ0n) is 17.9. The summed E-state index contributed by atoms with van der Waals surface area (Å²) in [6.45, 7) is 6.27. The number of nitrogens with zero attached hydrogens (tertiary/aromatic N) is 4. The summed E-state index contributed by atoms with van der Waals surface area (Å²) in [5.74, 6) is 0.975. The SMILES string of the molecule is COc1cc2nn(C3CCC(C)CC3)cc2cc1NC(=O)c1nn(C(C)C)cc1Cl. The molecule has 1 fully saturated rings. The Morgan fingerprint density at radius 2 is 1.93 bits per heavy atom. The first kappa shape index (κ1) is 20.7. The fourth-order valence-corrected chi connectivity index (χ4v) is 4.23. The van der Waals surface area contributed by atoms with Gasteiger partial charge in [0.2, 0.25) is 0 Å². The number of carbonyl (C=O) groups is 1. The number of anilines is 1. The molecule has 1 saturated carbocycles. The zero-order chi connectivity index (χ0) is 21.4. The van der Waals surface area contributed by atoms with Gasteiger partial charge in [-0.05, 0) is 51.5 Å². The van der Waals surface area contributed by atoms with Gasteiger partial charge in [0.25, 0.3) is 5.91 Å². The molecule has 160 valence electrons. The van der Waals surface area contributed by atoms with Gasteiger partial charge in [0, 0.05) is 29.9 Å². The Hall–Kier alpha value is -2.54. The number of methoxy groups -OCH3 is 1. The molecule has 8 heteroatoms. The lowest BCUT2D eigenvalue weighted by molar-refractivity contribution is 0.102. The Balaban J connectivity index is 1.61. The molecule has 1 aromatic carbocycles. The molecule has 0 aliphatic heterocycles. The number of fused-ring (bicyclic) bond motifs is 1. The highest BCUT2D eigenvalue weighted by Crippen LogP contribution is 2.35. The highest BCUT2D eigenvalue weighted by Gasteiger charge is 2.22. The van der Waals surface area contributed by atoms with Gasteiger partial charge in [-0.1, -0.05) is 18.5 Å². The fraction of sp³-hybridized carbons (Fsp3) is 0.500. The van der Waals surface area contributed by atoms with E-state index >= 15 is 0 Å². The maximum Gasteiger partial charge on any atom is 0.277 e. The van der Waals surface area contributed by atoms with Crippen LogP contribution in [0.25, 0.3) is 10.9 Å². The molecule has 1 aliphatic carbocycles. The van der Waals surface area contributed by atoms with Gasteiger partial charge < -0.3 is 10.1 Å². The molecule has 4 rings (SSSR count). The van der Waals surface area contributed by atoms with E-state index in [1.54, 1.807) is 18.0 Å². The van der Waals surface area contributed by atoms with Gasteiger partial charge in [0.1, 0.15) is 5.75 Å². The Morgan fingerprint density at radius 3 is 2.57 bits per heavy atom. The van der Waals surface area contributed by atoms with Crippen LogP contribution in [0.15, 0.2) is 24.5 Å². The number of aromatic nitrogens is 4. The quantitative estimate of drug-likeness (QED) is 0.582. The molecule has 30 heavy (non-hydrogen) atoms. The van der Waals surface area contributed by atoms with E-state index in [1.165, 1.54) is 12.8 Å². The molecule has 7 nitrogen and oxygen atoms in total. The van der Waals surface area contributed by atoms with Crippen molar-refractivity contribution in [3.05, 3.63) is 35.2 Å². The van der Waals surface area contributed by atoms with Crippen LogP contribution in [0.3, 0.4) is 0 Å². The van der Waals surface area contributed by atoms with Crippen molar-refractivity contribution in [3.63, 3.8) is 0 Å². The molecule has 0 saturated heterocycles. The first-order valence-electron chi connectivity index (χ1n) is 10.5. The highest BCUT2D eigenvalue weighted by molar-refractivity contribution is 6.34. The van der Waals surface area contributed by atoms with Gasteiger partial charge in [-0.2, -0.15) is 10.2 Å². The van der Waals surface area contributed by atoms with Crippen molar-refractivity contribution in [1.29, 1.82) is 0 Å². The average molecular weight is 430 g/mol. The zero-order valence-corrected chi connectivity index (χ0v) is 18.6. The second kappa shape index (κ2) is 8.30. The Bertz CT molecular complexity index is 1060. The number of benzene rings is 1. The van der Waals surface area contributed by atoms with Crippen molar-refractivity contribution in [3.8, 4) is 5.75 Å².